The minimum atomic E-state index is 0.195. The van der Waals surface area contributed by atoms with Gasteiger partial charge >= 0.3 is 0 Å². The minimum absolute atomic E-state index is 0.195. The van der Waals surface area contributed by atoms with Crippen LogP contribution >= 0.6 is 0 Å². The number of hydrogen-bond acceptors (Lipinski definition) is 0. The number of allylic oxidation sites excluding steroid dienone is 3. The third-order valence-corrected chi connectivity index (χ3v) is 4.86. The van der Waals surface area contributed by atoms with Crippen molar-refractivity contribution in [1.29, 1.82) is 0 Å². The van der Waals surface area contributed by atoms with Gasteiger partial charge in [0.05, 0.1) is 0 Å². The first-order valence-corrected chi connectivity index (χ1v) is 6.96. The zero-order valence-electron chi connectivity index (χ0n) is 13.3. The summed E-state index contributed by atoms with van der Waals surface area (Å²) in [6.07, 6.45) is 2.50. The highest BCUT2D eigenvalue weighted by Gasteiger charge is 2.28. The molecule has 0 bridgehead atoms. The summed E-state index contributed by atoms with van der Waals surface area (Å²) in [5.74, 6) is 1.37. The largest absolute Gasteiger partial charge is 0.0996 e. The lowest BCUT2D eigenvalue weighted by Crippen LogP contribution is -2.24. The highest BCUT2D eigenvalue weighted by Crippen LogP contribution is 2.39. The Labute approximate surface area is 109 Å². The molecule has 0 nitrogen and oxygen atoms in total. The van der Waals surface area contributed by atoms with Gasteiger partial charge in [0.1, 0.15) is 0 Å². The van der Waals surface area contributed by atoms with Crippen molar-refractivity contribution in [2.75, 3.05) is 0 Å². The molecule has 0 aliphatic rings. The zero-order chi connectivity index (χ0) is 13.8. The van der Waals surface area contributed by atoms with E-state index in [0.717, 1.165) is 5.92 Å². The molecule has 0 aliphatic heterocycles. The van der Waals surface area contributed by atoms with Crippen LogP contribution in [0.5, 0.6) is 0 Å². The molecule has 0 saturated carbocycles. The van der Waals surface area contributed by atoms with Crippen LogP contribution in [0.2, 0.25) is 0 Å². The molecule has 0 heteroatoms. The topological polar surface area (TPSA) is 0 Å². The molecule has 0 fully saturated rings. The standard InChI is InChI=1S/C17H32/c1-10-13(4)11-14(5)15(6)16(7)17(8,9)12(2)3/h13,16H,2,10-11H2,1,3-9H3. The molecule has 0 amide bonds. The maximum Gasteiger partial charge on any atom is -0.00874 e. The van der Waals surface area contributed by atoms with E-state index in [0.29, 0.717) is 5.92 Å². The fourth-order valence-corrected chi connectivity index (χ4v) is 2.11. The summed E-state index contributed by atoms with van der Waals surface area (Å²) < 4.78 is 0. The van der Waals surface area contributed by atoms with E-state index in [9.17, 15) is 0 Å². The molecule has 0 aromatic heterocycles. The summed E-state index contributed by atoms with van der Waals surface area (Å²) in [6.45, 7) is 22.4. The van der Waals surface area contributed by atoms with Crippen LogP contribution in [0.25, 0.3) is 0 Å². The summed E-state index contributed by atoms with van der Waals surface area (Å²) in [6, 6.07) is 0. The third-order valence-electron chi connectivity index (χ3n) is 4.86. The van der Waals surface area contributed by atoms with E-state index in [1.807, 2.05) is 0 Å². The second kappa shape index (κ2) is 6.42. The Kier molecular flexibility index (Phi) is 6.23. The van der Waals surface area contributed by atoms with E-state index in [1.54, 1.807) is 11.1 Å². The SMILES string of the molecule is C=C(C)C(C)(C)C(C)C(C)=C(C)CC(C)CC. The Hall–Kier alpha value is -0.520. The monoisotopic (exact) mass is 236 g/mol. The van der Waals surface area contributed by atoms with E-state index in [4.69, 9.17) is 0 Å². The van der Waals surface area contributed by atoms with E-state index in [1.165, 1.54) is 18.4 Å². The van der Waals surface area contributed by atoms with Crippen LogP contribution in [-0.2, 0) is 0 Å². The summed E-state index contributed by atoms with van der Waals surface area (Å²) in [7, 11) is 0. The molecule has 0 N–H and O–H groups in total. The van der Waals surface area contributed by atoms with Gasteiger partial charge in [0.25, 0.3) is 0 Å². The minimum Gasteiger partial charge on any atom is -0.0996 e. The summed E-state index contributed by atoms with van der Waals surface area (Å²) in [4.78, 5) is 0. The molecule has 0 spiro atoms. The molecule has 0 aromatic carbocycles. The average Bonchev–Trinajstić information content (AvgIpc) is 2.26. The number of rotatable bonds is 6. The fourth-order valence-electron chi connectivity index (χ4n) is 2.11. The van der Waals surface area contributed by atoms with Gasteiger partial charge in [-0.05, 0) is 44.4 Å². The molecule has 0 rings (SSSR count). The van der Waals surface area contributed by atoms with Crippen LogP contribution in [0.15, 0.2) is 23.3 Å². The molecule has 0 aromatic rings. The molecule has 2 atom stereocenters. The summed E-state index contributed by atoms with van der Waals surface area (Å²) in [5.41, 5.74) is 4.60. The lowest BCUT2D eigenvalue weighted by Gasteiger charge is -2.34. The molecule has 0 aliphatic carbocycles. The second-order valence-electron chi connectivity index (χ2n) is 6.40. The van der Waals surface area contributed by atoms with Crippen molar-refractivity contribution in [1.82, 2.24) is 0 Å². The maximum atomic E-state index is 4.14. The molecule has 0 radical (unpaired) electrons. The van der Waals surface area contributed by atoms with Gasteiger partial charge in [-0.2, -0.15) is 0 Å². The third kappa shape index (κ3) is 4.33. The van der Waals surface area contributed by atoms with Crippen LogP contribution in [0.3, 0.4) is 0 Å². The molecule has 0 heterocycles. The highest BCUT2D eigenvalue weighted by atomic mass is 14.3. The van der Waals surface area contributed by atoms with E-state index in [2.05, 4.69) is 62.0 Å². The van der Waals surface area contributed by atoms with Crippen LogP contribution in [0.4, 0.5) is 0 Å². The predicted molar refractivity (Wildman–Crippen MR) is 80.2 cm³/mol. The lowest BCUT2D eigenvalue weighted by molar-refractivity contribution is 0.325. The van der Waals surface area contributed by atoms with Gasteiger partial charge in [-0.1, -0.05) is 64.3 Å². The van der Waals surface area contributed by atoms with Crippen molar-refractivity contribution in [2.24, 2.45) is 17.3 Å². The van der Waals surface area contributed by atoms with Crippen LogP contribution in [0, 0.1) is 17.3 Å². The van der Waals surface area contributed by atoms with Gasteiger partial charge < -0.3 is 0 Å². The molecule has 100 valence electrons. The molecular formula is C17H32. The van der Waals surface area contributed by atoms with Gasteiger partial charge in [-0.25, -0.2) is 0 Å². The Morgan fingerprint density at radius 3 is 1.94 bits per heavy atom. The van der Waals surface area contributed by atoms with Gasteiger partial charge in [-0.3, -0.25) is 0 Å². The molecule has 2 unspecified atom stereocenters. The normalized spacial score (nSPS) is 17.4. The van der Waals surface area contributed by atoms with Crippen molar-refractivity contribution in [3.63, 3.8) is 0 Å². The van der Waals surface area contributed by atoms with Crippen LogP contribution < -0.4 is 0 Å². The smallest absolute Gasteiger partial charge is 0.00874 e. The van der Waals surface area contributed by atoms with Gasteiger partial charge in [0.15, 0.2) is 0 Å². The predicted octanol–water partition coefficient (Wildman–Crippen LogP) is 6.00. The Balaban J connectivity index is 4.96. The van der Waals surface area contributed by atoms with Gasteiger partial charge in [0.2, 0.25) is 0 Å². The van der Waals surface area contributed by atoms with Crippen LogP contribution in [-0.4, -0.2) is 0 Å². The van der Waals surface area contributed by atoms with Crippen molar-refractivity contribution in [2.45, 2.75) is 68.2 Å². The first-order valence-electron chi connectivity index (χ1n) is 6.96. The number of hydrogen-bond donors (Lipinski definition) is 0. The maximum absolute atomic E-state index is 4.14. The highest BCUT2D eigenvalue weighted by molar-refractivity contribution is 5.20. The van der Waals surface area contributed by atoms with E-state index < -0.39 is 0 Å². The quantitative estimate of drug-likeness (QED) is 0.496. The molecule has 0 saturated heterocycles. The first kappa shape index (κ1) is 16.5. The van der Waals surface area contributed by atoms with Crippen molar-refractivity contribution >= 4 is 0 Å². The zero-order valence-corrected chi connectivity index (χ0v) is 13.3. The van der Waals surface area contributed by atoms with Crippen molar-refractivity contribution < 1.29 is 0 Å². The Morgan fingerprint density at radius 2 is 1.59 bits per heavy atom. The van der Waals surface area contributed by atoms with E-state index >= 15 is 0 Å². The van der Waals surface area contributed by atoms with Crippen molar-refractivity contribution in [3.8, 4) is 0 Å². The molecular weight excluding hydrogens is 204 g/mol. The first-order chi connectivity index (χ1) is 7.64. The van der Waals surface area contributed by atoms with Gasteiger partial charge in [0, 0.05) is 0 Å². The Morgan fingerprint density at radius 1 is 1.12 bits per heavy atom. The summed E-state index contributed by atoms with van der Waals surface area (Å²) >= 11 is 0. The average molecular weight is 236 g/mol. The Bertz CT molecular complexity index is 291. The van der Waals surface area contributed by atoms with Gasteiger partial charge in [-0.15, -0.1) is 0 Å². The second-order valence-corrected chi connectivity index (χ2v) is 6.40. The summed E-state index contributed by atoms with van der Waals surface area (Å²) in [5, 5.41) is 0. The fraction of sp³-hybridized carbons (Fsp3) is 0.765. The lowest BCUT2D eigenvalue weighted by atomic mass is 9.70. The van der Waals surface area contributed by atoms with E-state index in [-0.39, 0.29) is 5.41 Å². The molecule has 17 heavy (non-hydrogen) atoms. The van der Waals surface area contributed by atoms with Crippen molar-refractivity contribution in [3.05, 3.63) is 23.3 Å². The van der Waals surface area contributed by atoms with Crippen LogP contribution in [0.1, 0.15) is 68.2 Å².